The molecule has 2 heteroatoms. The summed E-state index contributed by atoms with van der Waals surface area (Å²) in [7, 11) is 0. The number of benzene rings is 1. The smallest absolute Gasteiger partial charge is 0.0673 e. The van der Waals surface area contributed by atoms with Crippen LogP contribution in [-0.2, 0) is 5.41 Å². The maximum absolute atomic E-state index is 3.65. The molecule has 0 radical (unpaired) electrons. The summed E-state index contributed by atoms with van der Waals surface area (Å²) >= 11 is 1.89. The largest absolute Gasteiger partial charge is 0.306 e. The molecule has 108 valence electrons. The second-order valence-corrected chi connectivity index (χ2v) is 7.60. The molecule has 2 aromatic rings. The summed E-state index contributed by atoms with van der Waals surface area (Å²) in [5.41, 5.74) is 3.00. The van der Waals surface area contributed by atoms with E-state index in [-0.39, 0.29) is 5.41 Å². The van der Waals surface area contributed by atoms with Gasteiger partial charge in [-0.25, -0.2) is 0 Å². The Labute approximate surface area is 127 Å². The first-order valence-electron chi connectivity index (χ1n) is 7.32. The second-order valence-electron chi connectivity index (χ2n) is 6.28. The van der Waals surface area contributed by atoms with Gasteiger partial charge in [0.15, 0.2) is 0 Å². The Morgan fingerprint density at radius 3 is 2.35 bits per heavy atom. The SMILES string of the molecule is CCNC(c1ccc(C)s1)c1ccccc1C(C)(C)C. The van der Waals surface area contributed by atoms with Crippen LogP contribution in [0.1, 0.15) is 54.6 Å². The predicted molar refractivity (Wildman–Crippen MR) is 89.7 cm³/mol. The molecular formula is C18H25NS. The Bertz CT molecular complexity index is 563. The van der Waals surface area contributed by atoms with E-state index in [0.29, 0.717) is 6.04 Å². The third kappa shape index (κ3) is 3.31. The van der Waals surface area contributed by atoms with Crippen molar-refractivity contribution in [2.75, 3.05) is 6.54 Å². The fourth-order valence-electron chi connectivity index (χ4n) is 2.61. The van der Waals surface area contributed by atoms with E-state index in [1.165, 1.54) is 20.9 Å². The average Bonchev–Trinajstić information content (AvgIpc) is 2.81. The van der Waals surface area contributed by atoms with Gasteiger partial charge in [0.1, 0.15) is 0 Å². The monoisotopic (exact) mass is 287 g/mol. The summed E-state index contributed by atoms with van der Waals surface area (Å²) in [5.74, 6) is 0. The van der Waals surface area contributed by atoms with E-state index >= 15 is 0 Å². The van der Waals surface area contributed by atoms with Crippen LogP contribution < -0.4 is 5.32 Å². The molecule has 0 aliphatic carbocycles. The molecule has 1 heterocycles. The van der Waals surface area contributed by atoms with Crippen molar-refractivity contribution in [2.45, 2.75) is 46.1 Å². The summed E-state index contributed by atoms with van der Waals surface area (Å²) in [5, 5.41) is 3.65. The quantitative estimate of drug-likeness (QED) is 0.829. The Balaban J connectivity index is 2.50. The lowest BCUT2D eigenvalue weighted by Gasteiger charge is -2.27. The summed E-state index contributed by atoms with van der Waals surface area (Å²) in [4.78, 5) is 2.78. The van der Waals surface area contributed by atoms with E-state index in [1.807, 2.05) is 11.3 Å². The first-order valence-corrected chi connectivity index (χ1v) is 8.14. The van der Waals surface area contributed by atoms with E-state index in [9.17, 15) is 0 Å². The molecule has 1 unspecified atom stereocenters. The van der Waals surface area contributed by atoms with Crippen LogP contribution in [-0.4, -0.2) is 6.54 Å². The van der Waals surface area contributed by atoms with Crippen LogP contribution in [0.4, 0.5) is 0 Å². The maximum atomic E-state index is 3.65. The zero-order valence-corrected chi connectivity index (χ0v) is 14.0. The second kappa shape index (κ2) is 6.11. The molecule has 0 spiro atoms. The van der Waals surface area contributed by atoms with Crippen molar-refractivity contribution < 1.29 is 0 Å². The zero-order valence-electron chi connectivity index (χ0n) is 13.2. The van der Waals surface area contributed by atoms with Gasteiger partial charge in [0.2, 0.25) is 0 Å². The van der Waals surface area contributed by atoms with Gasteiger partial charge in [-0.3, -0.25) is 0 Å². The van der Waals surface area contributed by atoms with Crippen LogP contribution in [0, 0.1) is 6.92 Å². The first kappa shape index (κ1) is 15.3. The van der Waals surface area contributed by atoms with Crippen molar-refractivity contribution in [2.24, 2.45) is 0 Å². The average molecular weight is 287 g/mol. The van der Waals surface area contributed by atoms with E-state index in [1.54, 1.807) is 0 Å². The molecule has 0 aliphatic rings. The van der Waals surface area contributed by atoms with Gasteiger partial charge < -0.3 is 5.32 Å². The Morgan fingerprint density at radius 2 is 1.80 bits per heavy atom. The molecule has 0 amide bonds. The highest BCUT2D eigenvalue weighted by molar-refractivity contribution is 7.12. The van der Waals surface area contributed by atoms with E-state index in [0.717, 1.165) is 6.54 Å². The summed E-state index contributed by atoms with van der Waals surface area (Å²) < 4.78 is 0. The molecule has 1 aromatic heterocycles. The molecule has 1 aromatic carbocycles. The third-order valence-corrected chi connectivity index (χ3v) is 4.60. The number of hydrogen-bond acceptors (Lipinski definition) is 2. The minimum Gasteiger partial charge on any atom is -0.306 e. The fraction of sp³-hybridized carbons (Fsp3) is 0.444. The van der Waals surface area contributed by atoms with Crippen molar-refractivity contribution in [3.05, 3.63) is 57.3 Å². The lowest BCUT2D eigenvalue weighted by Crippen LogP contribution is -2.25. The van der Waals surface area contributed by atoms with Gasteiger partial charge in [-0.15, -0.1) is 11.3 Å². The van der Waals surface area contributed by atoms with Gasteiger partial charge in [-0.2, -0.15) is 0 Å². The number of nitrogens with one attached hydrogen (secondary N) is 1. The Kier molecular flexibility index (Phi) is 4.66. The van der Waals surface area contributed by atoms with Crippen LogP contribution in [0.15, 0.2) is 36.4 Å². The van der Waals surface area contributed by atoms with Gasteiger partial charge in [-0.05, 0) is 42.1 Å². The highest BCUT2D eigenvalue weighted by atomic mass is 32.1. The van der Waals surface area contributed by atoms with Gasteiger partial charge in [0.25, 0.3) is 0 Å². The van der Waals surface area contributed by atoms with Crippen LogP contribution in [0.25, 0.3) is 0 Å². The number of hydrogen-bond donors (Lipinski definition) is 1. The third-order valence-electron chi connectivity index (χ3n) is 3.53. The summed E-state index contributed by atoms with van der Waals surface area (Å²) in [6.07, 6.45) is 0. The molecular weight excluding hydrogens is 262 g/mol. The Morgan fingerprint density at radius 1 is 1.10 bits per heavy atom. The summed E-state index contributed by atoms with van der Waals surface area (Å²) in [6, 6.07) is 13.6. The molecule has 0 aliphatic heterocycles. The molecule has 1 atom stereocenters. The van der Waals surface area contributed by atoms with Gasteiger partial charge in [0.05, 0.1) is 6.04 Å². The molecule has 0 saturated carbocycles. The highest BCUT2D eigenvalue weighted by Crippen LogP contribution is 2.35. The van der Waals surface area contributed by atoms with Crippen molar-refractivity contribution in [1.29, 1.82) is 0 Å². The van der Waals surface area contributed by atoms with Crippen molar-refractivity contribution in [1.82, 2.24) is 5.32 Å². The molecule has 0 fully saturated rings. The first-order chi connectivity index (χ1) is 9.43. The van der Waals surface area contributed by atoms with Crippen LogP contribution in [0.3, 0.4) is 0 Å². The molecule has 20 heavy (non-hydrogen) atoms. The van der Waals surface area contributed by atoms with E-state index < -0.39 is 0 Å². The fourth-order valence-corrected chi connectivity index (χ4v) is 3.58. The molecule has 1 nitrogen and oxygen atoms in total. The van der Waals surface area contributed by atoms with Gasteiger partial charge >= 0.3 is 0 Å². The highest BCUT2D eigenvalue weighted by Gasteiger charge is 2.23. The molecule has 2 rings (SSSR count). The minimum atomic E-state index is 0.163. The lowest BCUT2D eigenvalue weighted by molar-refractivity contribution is 0.559. The van der Waals surface area contributed by atoms with Crippen LogP contribution in [0.5, 0.6) is 0 Å². The Hall–Kier alpha value is -1.12. The van der Waals surface area contributed by atoms with Crippen molar-refractivity contribution in [3.63, 3.8) is 0 Å². The minimum absolute atomic E-state index is 0.163. The summed E-state index contributed by atoms with van der Waals surface area (Å²) in [6.45, 7) is 12.2. The maximum Gasteiger partial charge on any atom is 0.0673 e. The number of thiophene rings is 1. The van der Waals surface area contributed by atoms with E-state index in [4.69, 9.17) is 0 Å². The normalized spacial score (nSPS) is 13.4. The van der Waals surface area contributed by atoms with E-state index in [2.05, 4.69) is 76.3 Å². The molecule has 0 saturated heterocycles. The molecule has 0 bridgehead atoms. The number of rotatable bonds is 4. The van der Waals surface area contributed by atoms with Crippen LogP contribution in [0.2, 0.25) is 0 Å². The predicted octanol–water partition coefficient (Wildman–Crippen LogP) is 5.05. The van der Waals surface area contributed by atoms with Crippen molar-refractivity contribution in [3.8, 4) is 0 Å². The van der Waals surface area contributed by atoms with Crippen molar-refractivity contribution >= 4 is 11.3 Å². The lowest BCUT2D eigenvalue weighted by atomic mass is 9.81. The molecule has 1 N–H and O–H groups in total. The van der Waals surface area contributed by atoms with Gasteiger partial charge in [0, 0.05) is 9.75 Å². The zero-order chi connectivity index (χ0) is 14.8. The van der Waals surface area contributed by atoms with Crippen LogP contribution >= 0.6 is 11.3 Å². The topological polar surface area (TPSA) is 12.0 Å². The van der Waals surface area contributed by atoms with Gasteiger partial charge in [-0.1, -0.05) is 52.0 Å². The standard InChI is InChI=1S/C18H25NS/c1-6-19-17(16-12-11-13(2)20-16)14-9-7-8-10-15(14)18(3,4)5/h7-12,17,19H,6H2,1-5H3. The number of aryl methyl sites for hydroxylation is 1.